The first kappa shape index (κ1) is 24.3. The summed E-state index contributed by atoms with van der Waals surface area (Å²) in [6, 6.07) is 18.2. The van der Waals surface area contributed by atoms with Gasteiger partial charge >= 0.3 is 0 Å². The van der Waals surface area contributed by atoms with Crippen molar-refractivity contribution in [1.29, 1.82) is 0 Å². The number of hydrogen-bond donors (Lipinski definition) is 1. The molecule has 0 bridgehead atoms. The number of carbonyl (C=O) groups is 1. The fourth-order valence-corrected chi connectivity index (χ4v) is 4.07. The molecule has 35 heavy (non-hydrogen) atoms. The van der Waals surface area contributed by atoms with E-state index in [1.54, 1.807) is 25.5 Å². The summed E-state index contributed by atoms with van der Waals surface area (Å²) >= 11 is 0. The number of hydrogen-bond acceptors (Lipinski definition) is 5. The molecule has 0 atom stereocenters. The lowest BCUT2D eigenvalue weighted by Gasteiger charge is -2.36. The van der Waals surface area contributed by atoms with Gasteiger partial charge < -0.3 is 9.64 Å². The maximum absolute atomic E-state index is 13.2. The lowest BCUT2D eigenvalue weighted by molar-refractivity contribution is -0.120. The SMILES string of the molecule is COc1ccc(C=NNC(=O)Cc2ccc(F)cc2)cc1CN1CCN(c2ccc(F)cc2)CC1. The molecular weight excluding hydrogens is 450 g/mol. The third-order valence-electron chi connectivity index (χ3n) is 5.94. The number of piperazine rings is 1. The Labute approximate surface area is 203 Å². The van der Waals surface area contributed by atoms with Gasteiger partial charge in [0.1, 0.15) is 17.4 Å². The number of hydrazone groups is 1. The van der Waals surface area contributed by atoms with Crippen LogP contribution in [-0.2, 0) is 17.8 Å². The third kappa shape index (κ3) is 6.86. The van der Waals surface area contributed by atoms with Gasteiger partial charge in [0.05, 0.1) is 19.7 Å². The Hall–Kier alpha value is -3.78. The van der Waals surface area contributed by atoms with E-state index in [1.807, 2.05) is 30.3 Å². The second-order valence-corrected chi connectivity index (χ2v) is 8.41. The van der Waals surface area contributed by atoms with E-state index in [0.717, 1.165) is 55.3 Å². The fourth-order valence-electron chi connectivity index (χ4n) is 4.07. The molecular formula is C27H28F2N4O2. The third-order valence-corrected chi connectivity index (χ3v) is 5.94. The summed E-state index contributed by atoms with van der Waals surface area (Å²) in [6.45, 7) is 4.18. The van der Waals surface area contributed by atoms with Crippen LogP contribution in [0.4, 0.5) is 14.5 Å². The van der Waals surface area contributed by atoms with Gasteiger partial charge in [0.25, 0.3) is 0 Å². The number of amides is 1. The van der Waals surface area contributed by atoms with Crippen molar-refractivity contribution in [3.05, 3.63) is 95.1 Å². The maximum Gasteiger partial charge on any atom is 0.244 e. The maximum atomic E-state index is 13.2. The van der Waals surface area contributed by atoms with Gasteiger partial charge in [-0.25, -0.2) is 14.2 Å². The zero-order valence-electron chi connectivity index (χ0n) is 19.6. The smallest absolute Gasteiger partial charge is 0.244 e. The van der Waals surface area contributed by atoms with E-state index in [4.69, 9.17) is 4.74 Å². The van der Waals surface area contributed by atoms with Gasteiger partial charge in [-0.3, -0.25) is 9.69 Å². The van der Waals surface area contributed by atoms with Crippen molar-refractivity contribution in [2.24, 2.45) is 5.10 Å². The number of halogens is 2. The van der Waals surface area contributed by atoms with E-state index in [-0.39, 0.29) is 24.0 Å². The highest BCUT2D eigenvalue weighted by atomic mass is 19.1. The van der Waals surface area contributed by atoms with Crippen LogP contribution >= 0.6 is 0 Å². The van der Waals surface area contributed by atoms with Crippen LogP contribution in [0.25, 0.3) is 0 Å². The molecule has 182 valence electrons. The largest absolute Gasteiger partial charge is 0.496 e. The van der Waals surface area contributed by atoms with Gasteiger partial charge in [0.2, 0.25) is 5.91 Å². The van der Waals surface area contributed by atoms with Crippen LogP contribution in [0.5, 0.6) is 5.75 Å². The van der Waals surface area contributed by atoms with Crippen molar-refractivity contribution < 1.29 is 18.3 Å². The Balaban J connectivity index is 1.32. The molecule has 0 radical (unpaired) electrons. The number of methoxy groups -OCH3 is 1. The molecule has 0 saturated carbocycles. The molecule has 3 aromatic carbocycles. The molecule has 1 N–H and O–H groups in total. The van der Waals surface area contributed by atoms with Crippen LogP contribution in [-0.4, -0.2) is 50.3 Å². The van der Waals surface area contributed by atoms with Crippen LogP contribution in [0.2, 0.25) is 0 Å². The quantitative estimate of drug-likeness (QED) is 0.393. The number of ether oxygens (including phenoxy) is 1. The van der Waals surface area contributed by atoms with E-state index >= 15 is 0 Å². The van der Waals surface area contributed by atoms with Gasteiger partial charge in [-0.2, -0.15) is 5.10 Å². The van der Waals surface area contributed by atoms with Crippen LogP contribution in [0, 0.1) is 11.6 Å². The Kier molecular flexibility index (Phi) is 8.05. The Morgan fingerprint density at radius 1 is 0.971 bits per heavy atom. The summed E-state index contributed by atoms with van der Waals surface area (Å²) in [5.41, 5.74) is 6.13. The van der Waals surface area contributed by atoms with Crippen molar-refractivity contribution in [2.45, 2.75) is 13.0 Å². The molecule has 6 nitrogen and oxygen atoms in total. The Morgan fingerprint density at radius 3 is 2.29 bits per heavy atom. The topological polar surface area (TPSA) is 57.2 Å². The van der Waals surface area contributed by atoms with Crippen LogP contribution in [0.1, 0.15) is 16.7 Å². The molecule has 4 rings (SSSR count). The highest BCUT2D eigenvalue weighted by Gasteiger charge is 2.19. The number of carbonyl (C=O) groups excluding carboxylic acids is 1. The molecule has 0 aliphatic carbocycles. The number of anilines is 1. The average Bonchev–Trinajstić information content (AvgIpc) is 2.87. The summed E-state index contributed by atoms with van der Waals surface area (Å²) < 4.78 is 31.7. The highest BCUT2D eigenvalue weighted by Crippen LogP contribution is 2.23. The second kappa shape index (κ2) is 11.6. The van der Waals surface area contributed by atoms with Crippen LogP contribution in [0.3, 0.4) is 0 Å². The van der Waals surface area contributed by atoms with Gasteiger partial charge in [0, 0.05) is 44.0 Å². The van der Waals surface area contributed by atoms with Crippen molar-refractivity contribution in [3.8, 4) is 5.75 Å². The zero-order valence-corrected chi connectivity index (χ0v) is 19.6. The molecule has 3 aromatic rings. The highest BCUT2D eigenvalue weighted by molar-refractivity contribution is 5.83. The van der Waals surface area contributed by atoms with Crippen molar-refractivity contribution in [3.63, 3.8) is 0 Å². The van der Waals surface area contributed by atoms with Gasteiger partial charge in [-0.15, -0.1) is 0 Å². The molecule has 8 heteroatoms. The molecule has 1 amide bonds. The molecule has 1 fully saturated rings. The molecule has 0 aromatic heterocycles. The molecule has 1 heterocycles. The Bertz CT molecular complexity index is 1160. The lowest BCUT2D eigenvalue weighted by Crippen LogP contribution is -2.46. The predicted octanol–water partition coefficient (Wildman–Crippen LogP) is 3.99. The van der Waals surface area contributed by atoms with Gasteiger partial charge in [0.15, 0.2) is 0 Å². The average molecular weight is 479 g/mol. The molecule has 0 unspecified atom stereocenters. The summed E-state index contributed by atoms with van der Waals surface area (Å²) in [5, 5.41) is 4.06. The zero-order chi connectivity index (χ0) is 24.6. The summed E-state index contributed by atoms with van der Waals surface area (Å²) in [7, 11) is 1.65. The Morgan fingerprint density at radius 2 is 1.63 bits per heavy atom. The van der Waals surface area contributed by atoms with Gasteiger partial charge in [-0.1, -0.05) is 12.1 Å². The summed E-state index contributed by atoms with van der Waals surface area (Å²) in [6.07, 6.45) is 1.72. The van der Waals surface area contributed by atoms with E-state index in [2.05, 4.69) is 20.3 Å². The predicted molar refractivity (Wildman–Crippen MR) is 133 cm³/mol. The second-order valence-electron chi connectivity index (χ2n) is 8.41. The minimum Gasteiger partial charge on any atom is -0.496 e. The lowest BCUT2D eigenvalue weighted by atomic mass is 10.1. The van der Waals surface area contributed by atoms with E-state index < -0.39 is 0 Å². The first-order valence-electron chi connectivity index (χ1n) is 11.5. The number of nitrogens with zero attached hydrogens (tertiary/aromatic N) is 3. The molecule has 1 aliphatic rings. The first-order valence-corrected chi connectivity index (χ1v) is 11.5. The van der Waals surface area contributed by atoms with Crippen molar-refractivity contribution in [2.75, 3.05) is 38.2 Å². The van der Waals surface area contributed by atoms with Crippen LogP contribution < -0.4 is 15.1 Å². The summed E-state index contributed by atoms with van der Waals surface area (Å²) in [5.74, 6) is -0.0447. The number of nitrogens with one attached hydrogen (secondary N) is 1. The van der Waals surface area contributed by atoms with Gasteiger partial charge in [-0.05, 0) is 65.7 Å². The standard InChI is InChI=1S/C27H28F2N4O2/c1-35-26-11-4-21(18-30-31-27(34)17-20-2-5-23(28)6-3-20)16-22(26)19-32-12-14-33(15-13-32)25-9-7-24(29)8-10-25/h2-11,16,18H,12-15,17,19H2,1H3,(H,31,34). The normalized spacial score (nSPS) is 14.3. The minimum absolute atomic E-state index is 0.120. The van der Waals surface area contributed by atoms with Crippen LogP contribution in [0.15, 0.2) is 71.8 Å². The van der Waals surface area contributed by atoms with E-state index in [1.165, 1.54) is 24.3 Å². The van der Waals surface area contributed by atoms with E-state index in [9.17, 15) is 13.6 Å². The molecule has 1 saturated heterocycles. The van der Waals surface area contributed by atoms with Crippen molar-refractivity contribution in [1.82, 2.24) is 10.3 Å². The summed E-state index contributed by atoms with van der Waals surface area (Å²) in [4.78, 5) is 16.7. The first-order chi connectivity index (χ1) is 17.0. The molecule has 1 aliphatic heterocycles. The number of benzene rings is 3. The molecule has 0 spiro atoms. The minimum atomic E-state index is -0.336. The number of rotatable bonds is 8. The monoisotopic (exact) mass is 478 g/mol. The fraction of sp³-hybridized carbons (Fsp3) is 0.259. The van der Waals surface area contributed by atoms with Crippen molar-refractivity contribution >= 4 is 17.8 Å². The van der Waals surface area contributed by atoms with E-state index in [0.29, 0.717) is 5.56 Å².